The number of likely N-dealkylation sites (N-methyl/N-ethyl adjacent to an activating group) is 1. The lowest BCUT2D eigenvalue weighted by molar-refractivity contribution is 0.290. The number of aromatic nitrogens is 2. The van der Waals surface area contributed by atoms with Crippen LogP contribution >= 0.6 is 0 Å². The summed E-state index contributed by atoms with van der Waals surface area (Å²) in [6.45, 7) is 3.52. The molecule has 0 spiro atoms. The summed E-state index contributed by atoms with van der Waals surface area (Å²) in [6.07, 6.45) is 0. The SMILES string of the molecule is Cc1ccc(S(=O)(=O)Nc2nc3ccccc3nc2OCc2ccc3c(c2)OCCN3C)cc1. The molecule has 0 bridgehead atoms. The Kier molecular flexibility index (Phi) is 5.70. The first kappa shape index (κ1) is 22.0. The van der Waals surface area contributed by atoms with Gasteiger partial charge in [0.05, 0.1) is 28.2 Å². The van der Waals surface area contributed by atoms with Gasteiger partial charge in [-0.2, -0.15) is 0 Å². The number of ether oxygens (including phenoxy) is 2. The van der Waals surface area contributed by atoms with E-state index in [0.29, 0.717) is 17.6 Å². The first-order valence-corrected chi connectivity index (χ1v) is 12.3. The zero-order valence-electron chi connectivity index (χ0n) is 18.9. The largest absolute Gasteiger partial charge is 0.490 e. The summed E-state index contributed by atoms with van der Waals surface area (Å²) in [4.78, 5) is 11.3. The van der Waals surface area contributed by atoms with Crippen LogP contribution in [-0.4, -0.2) is 38.6 Å². The van der Waals surface area contributed by atoms with Gasteiger partial charge in [0.25, 0.3) is 15.9 Å². The Morgan fingerprint density at radius 3 is 2.53 bits per heavy atom. The molecule has 1 N–H and O–H groups in total. The number of nitrogens with zero attached hydrogens (tertiary/aromatic N) is 3. The highest BCUT2D eigenvalue weighted by Gasteiger charge is 2.20. The van der Waals surface area contributed by atoms with Crippen molar-refractivity contribution in [1.29, 1.82) is 0 Å². The standard InChI is InChI=1S/C25H24N4O4S/c1-17-7-10-19(11-8-17)34(30,31)28-24-25(27-21-6-4-3-5-20(21)26-24)33-16-18-9-12-22-23(15-18)32-14-13-29(22)2/h3-12,15H,13-14,16H2,1-2H3,(H,26,28). The van der Waals surface area contributed by atoms with E-state index >= 15 is 0 Å². The molecule has 0 radical (unpaired) electrons. The maximum atomic E-state index is 13.0. The van der Waals surface area contributed by atoms with Crippen molar-refractivity contribution in [3.63, 3.8) is 0 Å². The second-order valence-electron chi connectivity index (χ2n) is 8.15. The van der Waals surface area contributed by atoms with Crippen LogP contribution in [0.5, 0.6) is 11.6 Å². The molecular weight excluding hydrogens is 452 g/mol. The van der Waals surface area contributed by atoms with Gasteiger partial charge in [0.1, 0.15) is 19.0 Å². The number of sulfonamides is 1. The summed E-state index contributed by atoms with van der Waals surface area (Å²) >= 11 is 0. The summed E-state index contributed by atoms with van der Waals surface area (Å²) in [5, 5.41) is 0. The Morgan fingerprint density at radius 1 is 1.03 bits per heavy atom. The third-order valence-electron chi connectivity index (χ3n) is 5.60. The predicted octanol–water partition coefficient (Wildman–Crippen LogP) is 4.15. The van der Waals surface area contributed by atoms with Crippen LogP contribution in [0.15, 0.2) is 71.6 Å². The minimum atomic E-state index is -3.88. The van der Waals surface area contributed by atoms with Gasteiger partial charge in [0, 0.05) is 7.05 Å². The van der Waals surface area contributed by atoms with Gasteiger partial charge in [-0.3, -0.25) is 4.72 Å². The van der Waals surface area contributed by atoms with E-state index in [1.807, 2.05) is 44.3 Å². The molecule has 1 aromatic heterocycles. The second-order valence-corrected chi connectivity index (χ2v) is 9.83. The summed E-state index contributed by atoms with van der Waals surface area (Å²) in [5.41, 5.74) is 4.02. The summed E-state index contributed by atoms with van der Waals surface area (Å²) in [7, 11) is -1.86. The number of benzene rings is 3. The van der Waals surface area contributed by atoms with Crippen molar-refractivity contribution >= 4 is 32.6 Å². The van der Waals surface area contributed by atoms with Crippen molar-refractivity contribution in [2.24, 2.45) is 0 Å². The molecule has 34 heavy (non-hydrogen) atoms. The Labute approximate surface area is 198 Å². The molecule has 174 valence electrons. The van der Waals surface area contributed by atoms with Gasteiger partial charge >= 0.3 is 0 Å². The number of rotatable bonds is 6. The third-order valence-corrected chi connectivity index (χ3v) is 6.95. The normalized spacial score (nSPS) is 13.3. The minimum absolute atomic E-state index is 0.0354. The van der Waals surface area contributed by atoms with E-state index in [0.717, 1.165) is 29.1 Å². The number of anilines is 2. The number of fused-ring (bicyclic) bond motifs is 2. The highest BCUT2D eigenvalue weighted by Crippen LogP contribution is 2.32. The lowest BCUT2D eigenvalue weighted by atomic mass is 10.1. The first-order chi connectivity index (χ1) is 16.4. The van der Waals surface area contributed by atoms with E-state index < -0.39 is 10.0 Å². The predicted molar refractivity (Wildman–Crippen MR) is 131 cm³/mol. The molecule has 1 aliphatic rings. The molecule has 4 aromatic rings. The van der Waals surface area contributed by atoms with Crippen molar-refractivity contribution in [3.05, 3.63) is 77.9 Å². The van der Waals surface area contributed by atoms with Gasteiger partial charge < -0.3 is 14.4 Å². The van der Waals surface area contributed by atoms with E-state index in [1.54, 1.807) is 36.4 Å². The van der Waals surface area contributed by atoms with Crippen molar-refractivity contribution in [2.75, 3.05) is 29.8 Å². The lowest BCUT2D eigenvalue weighted by Crippen LogP contribution is -2.28. The van der Waals surface area contributed by atoms with Crippen molar-refractivity contribution in [3.8, 4) is 11.6 Å². The van der Waals surface area contributed by atoms with Crippen molar-refractivity contribution in [2.45, 2.75) is 18.4 Å². The van der Waals surface area contributed by atoms with Crippen LogP contribution in [0.25, 0.3) is 11.0 Å². The van der Waals surface area contributed by atoms with Gasteiger partial charge in [0.15, 0.2) is 0 Å². The maximum absolute atomic E-state index is 13.0. The smallest absolute Gasteiger partial charge is 0.263 e. The van der Waals surface area contributed by atoms with E-state index in [9.17, 15) is 8.42 Å². The Bertz CT molecular complexity index is 1460. The maximum Gasteiger partial charge on any atom is 0.263 e. The van der Waals surface area contributed by atoms with Gasteiger partial charge in [-0.25, -0.2) is 18.4 Å². The first-order valence-electron chi connectivity index (χ1n) is 10.8. The summed E-state index contributed by atoms with van der Waals surface area (Å²) in [5.74, 6) is 0.929. The van der Waals surface area contributed by atoms with Crippen LogP contribution in [0.3, 0.4) is 0 Å². The third kappa shape index (κ3) is 4.47. The summed E-state index contributed by atoms with van der Waals surface area (Å²) < 4.78 is 40.3. The van der Waals surface area contributed by atoms with E-state index in [4.69, 9.17) is 9.47 Å². The van der Waals surface area contributed by atoms with Gasteiger partial charge in [0.2, 0.25) is 5.82 Å². The molecule has 0 amide bonds. The number of hydrogen-bond acceptors (Lipinski definition) is 7. The molecule has 0 aliphatic carbocycles. The number of para-hydroxylation sites is 2. The number of nitrogens with one attached hydrogen (secondary N) is 1. The van der Waals surface area contributed by atoms with Crippen LogP contribution in [0.4, 0.5) is 11.5 Å². The molecule has 8 nitrogen and oxygen atoms in total. The van der Waals surface area contributed by atoms with Gasteiger partial charge in [-0.15, -0.1) is 0 Å². The van der Waals surface area contributed by atoms with Crippen molar-refractivity contribution < 1.29 is 17.9 Å². The molecule has 0 saturated carbocycles. The second kappa shape index (κ2) is 8.83. The van der Waals surface area contributed by atoms with Gasteiger partial charge in [-0.1, -0.05) is 35.9 Å². The minimum Gasteiger partial charge on any atom is -0.490 e. The monoisotopic (exact) mass is 476 g/mol. The molecule has 0 fully saturated rings. The fourth-order valence-electron chi connectivity index (χ4n) is 3.70. The van der Waals surface area contributed by atoms with E-state index in [2.05, 4.69) is 19.6 Å². The van der Waals surface area contributed by atoms with E-state index in [-0.39, 0.29) is 23.2 Å². The highest BCUT2D eigenvalue weighted by atomic mass is 32.2. The molecule has 0 atom stereocenters. The number of hydrogen-bond donors (Lipinski definition) is 1. The zero-order chi connectivity index (χ0) is 23.7. The van der Waals surface area contributed by atoms with E-state index in [1.165, 1.54) is 0 Å². The average molecular weight is 477 g/mol. The molecule has 0 unspecified atom stereocenters. The molecule has 5 rings (SSSR count). The zero-order valence-corrected chi connectivity index (χ0v) is 19.7. The fraction of sp³-hybridized carbons (Fsp3) is 0.200. The van der Waals surface area contributed by atoms with Crippen LogP contribution in [-0.2, 0) is 16.6 Å². The topological polar surface area (TPSA) is 93.7 Å². The fourth-order valence-corrected chi connectivity index (χ4v) is 4.70. The summed E-state index contributed by atoms with van der Waals surface area (Å²) in [6, 6.07) is 19.7. The molecule has 3 aromatic carbocycles. The molecule has 1 aliphatic heterocycles. The Balaban J connectivity index is 1.45. The van der Waals surface area contributed by atoms with Crippen molar-refractivity contribution in [1.82, 2.24) is 9.97 Å². The molecule has 9 heteroatoms. The number of aryl methyl sites for hydroxylation is 1. The quantitative estimate of drug-likeness (QED) is 0.447. The Morgan fingerprint density at radius 2 is 1.76 bits per heavy atom. The highest BCUT2D eigenvalue weighted by molar-refractivity contribution is 7.92. The molecular formula is C25H24N4O4S. The average Bonchev–Trinajstić information content (AvgIpc) is 2.83. The van der Waals surface area contributed by atoms with Gasteiger partial charge in [-0.05, 0) is 48.9 Å². The molecule has 0 saturated heterocycles. The lowest BCUT2D eigenvalue weighted by Gasteiger charge is -2.28. The molecule has 2 heterocycles. The Hall–Kier alpha value is -3.85. The van der Waals surface area contributed by atoms with Crippen LogP contribution < -0.4 is 19.1 Å². The van der Waals surface area contributed by atoms with Crippen LogP contribution in [0.1, 0.15) is 11.1 Å². The van der Waals surface area contributed by atoms with Crippen LogP contribution in [0.2, 0.25) is 0 Å². The van der Waals surface area contributed by atoms with Crippen LogP contribution in [0, 0.1) is 6.92 Å².